The fourth-order valence-corrected chi connectivity index (χ4v) is 5.35. The number of piperazine rings is 1. The van der Waals surface area contributed by atoms with Gasteiger partial charge < -0.3 is 10.2 Å². The molecule has 1 N–H and O–H groups in total. The first-order valence-electron chi connectivity index (χ1n) is 13.4. The van der Waals surface area contributed by atoms with Crippen molar-refractivity contribution in [1.82, 2.24) is 10.2 Å². The second-order valence-corrected chi connectivity index (χ2v) is 10.4. The molecule has 2 nitrogen and oxygen atoms in total. The minimum absolute atomic E-state index is 1.19. The summed E-state index contributed by atoms with van der Waals surface area (Å²) in [6.07, 6.45) is 26.3. The largest absolute Gasteiger partial charge is 0.314 e. The maximum absolute atomic E-state index is 3.43. The summed E-state index contributed by atoms with van der Waals surface area (Å²) in [6.45, 7) is 8.51. The van der Waals surface area contributed by atoms with Gasteiger partial charge in [0.2, 0.25) is 0 Å². The number of rotatable bonds is 22. The van der Waals surface area contributed by atoms with E-state index in [1.807, 2.05) is 0 Å². The van der Waals surface area contributed by atoms with Gasteiger partial charge in [-0.1, -0.05) is 103 Å². The zero-order valence-corrected chi connectivity index (χ0v) is 20.8. The Labute approximate surface area is 188 Å². The Hall–Kier alpha value is 0.270. The lowest BCUT2D eigenvalue weighted by atomic mass is 10.0. The highest BCUT2D eigenvalue weighted by molar-refractivity contribution is 7.99. The van der Waals surface area contributed by atoms with Crippen LogP contribution in [0.15, 0.2) is 0 Å². The van der Waals surface area contributed by atoms with E-state index in [-0.39, 0.29) is 0 Å². The lowest BCUT2D eigenvalue weighted by molar-refractivity contribution is 0.238. The minimum atomic E-state index is 1.19. The Morgan fingerprint density at radius 2 is 0.966 bits per heavy atom. The van der Waals surface area contributed by atoms with Gasteiger partial charge in [-0.05, 0) is 37.3 Å². The highest BCUT2D eigenvalue weighted by Crippen LogP contribution is 2.15. The van der Waals surface area contributed by atoms with E-state index in [0.717, 1.165) is 0 Å². The molecule has 0 aromatic carbocycles. The molecule has 174 valence electrons. The van der Waals surface area contributed by atoms with E-state index in [2.05, 4.69) is 28.9 Å². The first-order chi connectivity index (χ1) is 14.4. The van der Waals surface area contributed by atoms with Crippen LogP contribution in [0.5, 0.6) is 0 Å². The van der Waals surface area contributed by atoms with Crippen LogP contribution in [0.25, 0.3) is 0 Å². The smallest absolute Gasteiger partial charge is 0.0107 e. The molecule has 0 saturated carbocycles. The second-order valence-electron chi connectivity index (χ2n) is 9.21. The van der Waals surface area contributed by atoms with Gasteiger partial charge in [-0.3, -0.25) is 0 Å². The molecule has 1 rings (SSSR count). The zero-order valence-electron chi connectivity index (χ0n) is 20.0. The zero-order chi connectivity index (χ0) is 20.7. The van der Waals surface area contributed by atoms with Crippen molar-refractivity contribution >= 4 is 11.8 Å². The van der Waals surface area contributed by atoms with Crippen molar-refractivity contribution in [2.24, 2.45) is 0 Å². The van der Waals surface area contributed by atoms with Crippen LogP contribution < -0.4 is 5.32 Å². The van der Waals surface area contributed by atoms with Crippen molar-refractivity contribution in [3.05, 3.63) is 0 Å². The normalized spacial score (nSPS) is 15.2. The summed E-state index contributed by atoms with van der Waals surface area (Å²) >= 11 is 2.20. The third-order valence-corrected chi connectivity index (χ3v) is 7.52. The highest BCUT2D eigenvalue weighted by atomic mass is 32.2. The summed E-state index contributed by atoms with van der Waals surface area (Å²) in [4.78, 5) is 2.62. The van der Waals surface area contributed by atoms with Gasteiger partial charge in [0.05, 0.1) is 0 Å². The molecule has 0 amide bonds. The molecule has 0 radical (unpaired) electrons. The predicted molar refractivity (Wildman–Crippen MR) is 135 cm³/mol. The van der Waals surface area contributed by atoms with Crippen molar-refractivity contribution < 1.29 is 0 Å². The second kappa shape index (κ2) is 22.9. The molecule has 1 saturated heterocycles. The standard InChI is InChI=1S/C26H54N2S/c1-2-3-4-5-6-7-8-9-10-11-12-13-14-15-16-18-25-29-26-19-17-22-28-23-20-27-21-24-28/h27H,2-26H2,1H3. The van der Waals surface area contributed by atoms with Crippen LogP contribution in [-0.4, -0.2) is 49.1 Å². The Kier molecular flexibility index (Phi) is 21.6. The fraction of sp³-hybridized carbons (Fsp3) is 1.00. The molecule has 0 aliphatic carbocycles. The van der Waals surface area contributed by atoms with Crippen LogP contribution in [-0.2, 0) is 0 Å². The number of unbranched alkanes of at least 4 members (excludes halogenated alkanes) is 16. The molecular weight excluding hydrogens is 372 g/mol. The van der Waals surface area contributed by atoms with Crippen molar-refractivity contribution in [3.8, 4) is 0 Å². The predicted octanol–water partition coefficient (Wildman–Crippen LogP) is 7.67. The molecule has 1 fully saturated rings. The number of hydrogen-bond acceptors (Lipinski definition) is 3. The molecule has 1 heterocycles. The maximum atomic E-state index is 3.43. The van der Waals surface area contributed by atoms with Crippen LogP contribution in [0, 0.1) is 0 Å². The van der Waals surface area contributed by atoms with Gasteiger partial charge in [0.15, 0.2) is 0 Å². The fourth-order valence-electron chi connectivity index (χ4n) is 4.33. The molecule has 0 aromatic rings. The van der Waals surface area contributed by atoms with E-state index in [1.54, 1.807) is 0 Å². The first kappa shape index (κ1) is 27.3. The van der Waals surface area contributed by atoms with Gasteiger partial charge in [0, 0.05) is 26.2 Å². The van der Waals surface area contributed by atoms with E-state index < -0.39 is 0 Å². The Balaban J connectivity index is 1.63. The topological polar surface area (TPSA) is 15.3 Å². The van der Waals surface area contributed by atoms with E-state index >= 15 is 0 Å². The third-order valence-electron chi connectivity index (χ3n) is 6.36. The molecule has 0 aromatic heterocycles. The number of thioether (sulfide) groups is 1. The minimum Gasteiger partial charge on any atom is -0.314 e. The van der Waals surface area contributed by atoms with Crippen LogP contribution in [0.2, 0.25) is 0 Å². The molecule has 29 heavy (non-hydrogen) atoms. The lowest BCUT2D eigenvalue weighted by Gasteiger charge is -2.26. The van der Waals surface area contributed by atoms with E-state index in [0.29, 0.717) is 0 Å². The van der Waals surface area contributed by atoms with Crippen LogP contribution >= 0.6 is 11.8 Å². The highest BCUT2D eigenvalue weighted by Gasteiger charge is 2.07. The summed E-state index contributed by atoms with van der Waals surface area (Å²) < 4.78 is 0. The molecule has 1 aliphatic rings. The molecule has 3 heteroatoms. The van der Waals surface area contributed by atoms with E-state index in [9.17, 15) is 0 Å². The van der Waals surface area contributed by atoms with Gasteiger partial charge in [-0.25, -0.2) is 0 Å². The molecule has 1 aliphatic heterocycles. The summed E-state index contributed by atoms with van der Waals surface area (Å²) in [5, 5.41) is 3.43. The molecule has 0 unspecified atom stereocenters. The van der Waals surface area contributed by atoms with Gasteiger partial charge in [-0.2, -0.15) is 11.8 Å². The van der Waals surface area contributed by atoms with Crippen LogP contribution in [0.3, 0.4) is 0 Å². The first-order valence-corrected chi connectivity index (χ1v) is 14.6. The summed E-state index contributed by atoms with van der Waals surface area (Å²) in [6, 6.07) is 0. The Morgan fingerprint density at radius 3 is 1.45 bits per heavy atom. The molecule has 0 atom stereocenters. The van der Waals surface area contributed by atoms with E-state index in [4.69, 9.17) is 0 Å². The van der Waals surface area contributed by atoms with Gasteiger partial charge >= 0.3 is 0 Å². The number of hydrogen-bond donors (Lipinski definition) is 1. The number of nitrogens with one attached hydrogen (secondary N) is 1. The van der Waals surface area contributed by atoms with Crippen LogP contribution in [0.1, 0.15) is 122 Å². The Morgan fingerprint density at radius 1 is 0.552 bits per heavy atom. The summed E-state index contributed by atoms with van der Waals surface area (Å²) in [5.74, 6) is 2.77. The van der Waals surface area contributed by atoms with E-state index in [1.165, 1.54) is 160 Å². The van der Waals surface area contributed by atoms with Crippen molar-refractivity contribution in [2.45, 2.75) is 122 Å². The monoisotopic (exact) mass is 426 g/mol. The molecule has 0 spiro atoms. The average molecular weight is 427 g/mol. The average Bonchev–Trinajstić information content (AvgIpc) is 2.75. The summed E-state index contributed by atoms with van der Waals surface area (Å²) in [5.41, 5.74) is 0. The third kappa shape index (κ3) is 20.0. The SMILES string of the molecule is CCCCCCCCCCCCCCCCCCSCCCCN1CCNCC1. The molecule has 0 bridgehead atoms. The maximum Gasteiger partial charge on any atom is 0.0107 e. The van der Waals surface area contributed by atoms with Gasteiger partial charge in [-0.15, -0.1) is 0 Å². The summed E-state index contributed by atoms with van der Waals surface area (Å²) in [7, 11) is 0. The quantitative estimate of drug-likeness (QED) is 0.179. The van der Waals surface area contributed by atoms with Crippen LogP contribution in [0.4, 0.5) is 0 Å². The number of nitrogens with zero attached hydrogens (tertiary/aromatic N) is 1. The van der Waals surface area contributed by atoms with Gasteiger partial charge in [0.25, 0.3) is 0 Å². The Bertz CT molecular complexity index is 305. The van der Waals surface area contributed by atoms with Crippen molar-refractivity contribution in [2.75, 3.05) is 44.2 Å². The van der Waals surface area contributed by atoms with Gasteiger partial charge in [0.1, 0.15) is 0 Å². The lowest BCUT2D eigenvalue weighted by Crippen LogP contribution is -2.43. The molecular formula is C26H54N2S. The van der Waals surface area contributed by atoms with Crippen molar-refractivity contribution in [3.63, 3.8) is 0 Å². The van der Waals surface area contributed by atoms with Crippen molar-refractivity contribution in [1.29, 1.82) is 0 Å².